The molecule has 0 heterocycles. The predicted molar refractivity (Wildman–Crippen MR) is 270 cm³/mol. The maximum Gasteiger partial charge on any atom is 0.306 e. The number of rotatable bonds is 52. The van der Waals surface area contributed by atoms with Crippen molar-refractivity contribution in [3.05, 3.63) is 0 Å². The van der Waals surface area contributed by atoms with Gasteiger partial charge in [0.05, 0.1) is 0 Å². The van der Waals surface area contributed by atoms with Crippen LogP contribution in [-0.2, 0) is 28.6 Å². The maximum atomic E-state index is 12.8. The lowest BCUT2D eigenvalue weighted by atomic mass is 10.0. The fourth-order valence-corrected chi connectivity index (χ4v) is 8.75. The second-order valence-corrected chi connectivity index (χ2v) is 20.1. The monoisotopic (exact) mass is 891 g/mol. The minimum absolute atomic E-state index is 0.0619. The van der Waals surface area contributed by atoms with Gasteiger partial charge in [-0.1, -0.05) is 285 Å². The highest BCUT2D eigenvalue weighted by atomic mass is 16.6. The van der Waals surface area contributed by atoms with Gasteiger partial charge in [0.2, 0.25) is 0 Å². The van der Waals surface area contributed by atoms with E-state index in [9.17, 15) is 14.4 Å². The van der Waals surface area contributed by atoms with Crippen molar-refractivity contribution >= 4 is 17.9 Å². The van der Waals surface area contributed by atoms with Gasteiger partial charge in [-0.2, -0.15) is 0 Å². The summed E-state index contributed by atoms with van der Waals surface area (Å²) in [5, 5.41) is 0. The molecule has 0 saturated heterocycles. The second-order valence-electron chi connectivity index (χ2n) is 20.1. The van der Waals surface area contributed by atoms with E-state index in [-0.39, 0.29) is 31.1 Å². The first-order valence-electron chi connectivity index (χ1n) is 28.4. The van der Waals surface area contributed by atoms with Crippen LogP contribution in [0.3, 0.4) is 0 Å². The molecule has 0 spiro atoms. The van der Waals surface area contributed by atoms with Crippen LogP contribution in [0.4, 0.5) is 0 Å². The van der Waals surface area contributed by atoms with Crippen LogP contribution < -0.4 is 0 Å². The summed E-state index contributed by atoms with van der Waals surface area (Å²) < 4.78 is 16.9. The molecule has 0 N–H and O–H groups in total. The first-order chi connectivity index (χ1) is 30.9. The summed E-state index contributed by atoms with van der Waals surface area (Å²) in [6.45, 7) is 9.06. The average molecular weight is 892 g/mol. The van der Waals surface area contributed by atoms with E-state index in [1.54, 1.807) is 0 Å². The van der Waals surface area contributed by atoms with Crippen molar-refractivity contribution in [2.75, 3.05) is 13.2 Å². The molecular weight excluding hydrogens is 781 g/mol. The normalized spacial score (nSPS) is 12.0. The fraction of sp³-hybridized carbons (Fsp3) is 0.947. The van der Waals surface area contributed by atoms with E-state index in [4.69, 9.17) is 14.2 Å². The Hall–Kier alpha value is -1.59. The molecule has 0 aliphatic carbocycles. The van der Waals surface area contributed by atoms with Crippen LogP contribution in [0.5, 0.6) is 0 Å². The highest BCUT2D eigenvalue weighted by Gasteiger charge is 2.19. The third kappa shape index (κ3) is 51.3. The van der Waals surface area contributed by atoms with Gasteiger partial charge in [0, 0.05) is 19.3 Å². The largest absolute Gasteiger partial charge is 0.462 e. The molecule has 1 atom stereocenters. The zero-order valence-electron chi connectivity index (χ0n) is 43.0. The minimum atomic E-state index is -0.761. The van der Waals surface area contributed by atoms with Crippen molar-refractivity contribution in [3.63, 3.8) is 0 Å². The van der Waals surface area contributed by atoms with Crippen LogP contribution in [0, 0.1) is 5.92 Å². The molecule has 0 unspecified atom stereocenters. The zero-order valence-corrected chi connectivity index (χ0v) is 43.0. The lowest BCUT2D eigenvalue weighted by Gasteiger charge is -2.18. The Morgan fingerprint density at radius 3 is 0.778 bits per heavy atom. The highest BCUT2D eigenvalue weighted by molar-refractivity contribution is 5.71. The summed E-state index contributed by atoms with van der Waals surface area (Å²) >= 11 is 0. The van der Waals surface area contributed by atoms with Crippen LogP contribution >= 0.6 is 0 Å². The molecule has 0 aromatic carbocycles. The van der Waals surface area contributed by atoms with Gasteiger partial charge in [-0.3, -0.25) is 14.4 Å². The van der Waals surface area contributed by atoms with Gasteiger partial charge >= 0.3 is 17.9 Å². The Morgan fingerprint density at radius 2 is 0.524 bits per heavy atom. The van der Waals surface area contributed by atoms with Gasteiger partial charge in [-0.05, 0) is 25.2 Å². The van der Waals surface area contributed by atoms with Crippen molar-refractivity contribution in [3.8, 4) is 0 Å². The van der Waals surface area contributed by atoms with Crippen molar-refractivity contribution in [2.45, 2.75) is 329 Å². The summed E-state index contributed by atoms with van der Waals surface area (Å²) in [5.74, 6) is 0.0161. The summed E-state index contributed by atoms with van der Waals surface area (Å²) in [5.41, 5.74) is 0. The second kappa shape index (κ2) is 51.4. The Kier molecular flexibility index (Phi) is 50.1. The van der Waals surface area contributed by atoms with Crippen LogP contribution in [0.25, 0.3) is 0 Å². The Balaban J connectivity index is 4.25. The summed E-state index contributed by atoms with van der Waals surface area (Å²) in [7, 11) is 0. The maximum absolute atomic E-state index is 12.8. The molecule has 0 aliphatic rings. The molecule has 0 radical (unpaired) electrons. The molecule has 0 amide bonds. The zero-order chi connectivity index (χ0) is 45.9. The molecule has 0 aliphatic heterocycles. The molecule has 0 saturated carbocycles. The molecule has 0 bridgehead atoms. The van der Waals surface area contributed by atoms with E-state index in [0.717, 1.165) is 63.7 Å². The van der Waals surface area contributed by atoms with Crippen LogP contribution in [-0.4, -0.2) is 37.2 Å². The molecule has 0 aromatic heterocycles. The first-order valence-corrected chi connectivity index (χ1v) is 28.4. The molecule has 0 rings (SSSR count). The minimum Gasteiger partial charge on any atom is -0.462 e. The standard InChI is InChI=1S/C57H110O6/c1-5-7-9-11-13-15-17-19-25-29-32-36-40-44-48-55(58)61-51-54(63-57(60)50-46-42-38-34-28-18-16-14-12-10-8-6-2)52-62-56(59)49-45-41-37-33-30-26-23-21-20-22-24-27-31-35-39-43-47-53(3)4/h53-54H,5-52H2,1-4H3/t54-/m0/s1. The molecule has 374 valence electrons. The van der Waals surface area contributed by atoms with Crippen molar-refractivity contribution in [1.29, 1.82) is 0 Å². The van der Waals surface area contributed by atoms with E-state index in [0.29, 0.717) is 19.3 Å². The summed E-state index contributed by atoms with van der Waals surface area (Å²) in [6.07, 6.45) is 55.2. The van der Waals surface area contributed by atoms with E-state index >= 15 is 0 Å². The number of hydrogen-bond donors (Lipinski definition) is 0. The topological polar surface area (TPSA) is 78.9 Å². The third-order valence-electron chi connectivity index (χ3n) is 13.0. The Bertz CT molecular complexity index is 949. The van der Waals surface area contributed by atoms with Gasteiger partial charge in [0.15, 0.2) is 6.10 Å². The number of hydrogen-bond acceptors (Lipinski definition) is 6. The van der Waals surface area contributed by atoms with E-state index in [1.807, 2.05) is 0 Å². The van der Waals surface area contributed by atoms with Crippen molar-refractivity contribution in [1.82, 2.24) is 0 Å². The van der Waals surface area contributed by atoms with E-state index < -0.39 is 6.10 Å². The lowest BCUT2D eigenvalue weighted by Crippen LogP contribution is -2.30. The first kappa shape index (κ1) is 61.4. The third-order valence-corrected chi connectivity index (χ3v) is 13.0. The number of ether oxygens (including phenoxy) is 3. The number of carbonyl (C=O) groups excluding carboxylic acids is 3. The molecule has 63 heavy (non-hydrogen) atoms. The lowest BCUT2D eigenvalue weighted by molar-refractivity contribution is -0.167. The van der Waals surface area contributed by atoms with Gasteiger partial charge in [0.1, 0.15) is 13.2 Å². The molecular formula is C57H110O6. The summed E-state index contributed by atoms with van der Waals surface area (Å²) in [6, 6.07) is 0. The highest BCUT2D eigenvalue weighted by Crippen LogP contribution is 2.18. The van der Waals surface area contributed by atoms with Gasteiger partial charge in [0.25, 0.3) is 0 Å². The number of esters is 3. The van der Waals surface area contributed by atoms with Crippen LogP contribution in [0.2, 0.25) is 0 Å². The predicted octanol–water partition coefficient (Wildman–Crippen LogP) is 18.6. The fourth-order valence-electron chi connectivity index (χ4n) is 8.75. The van der Waals surface area contributed by atoms with Crippen LogP contribution in [0.1, 0.15) is 323 Å². The average Bonchev–Trinajstić information content (AvgIpc) is 3.27. The van der Waals surface area contributed by atoms with Crippen LogP contribution in [0.15, 0.2) is 0 Å². The van der Waals surface area contributed by atoms with Crippen molar-refractivity contribution < 1.29 is 28.6 Å². The SMILES string of the molecule is CCCCCCCCCCCCCCCCC(=O)OC[C@@H](COC(=O)CCCCCCCCCCCCCCCCCCC(C)C)OC(=O)CCCCCCCCCCCCCC. The molecule has 6 heteroatoms. The smallest absolute Gasteiger partial charge is 0.306 e. The quantitative estimate of drug-likeness (QED) is 0.0344. The van der Waals surface area contributed by atoms with Crippen molar-refractivity contribution in [2.24, 2.45) is 5.92 Å². The van der Waals surface area contributed by atoms with E-state index in [1.165, 1.54) is 218 Å². The number of carbonyl (C=O) groups is 3. The molecule has 0 aromatic rings. The van der Waals surface area contributed by atoms with Gasteiger partial charge in [-0.15, -0.1) is 0 Å². The van der Waals surface area contributed by atoms with E-state index in [2.05, 4.69) is 27.7 Å². The molecule has 0 fully saturated rings. The Morgan fingerprint density at radius 1 is 0.302 bits per heavy atom. The molecule has 6 nitrogen and oxygen atoms in total. The van der Waals surface area contributed by atoms with Gasteiger partial charge in [-0.25, -0.2) is 0 Å². The number of unbranched alkanes of at least 4 members (excludes halogenated alkanes) is 39. The Labute approximate surface area is 393 Å². The van der Waals surface area contributed by atoms with Gasteiger partial charge < -0.3 is 14.2 Å². The summed E-state index contributed by atoms with van der Waals surface area (Å²) in [4.78, 5) is 38.1.